The summed E-state index contributed by atoms with van der Waals surface area (Å²) in [5.74, 6) is -0.304. The number of rotatable bonds is 2. The highest BCUT2D eigenvalue weighted by atomic mass is 16.5. The van der Waals surface area contributed by atoms with Crippen molar-refractivity contribution in [2.24, 2.45) is 0 Å². The molecule has 1 aliphatic rings. The molecule has 0 atom stereocenters. The highest BCUT2D eigenvalue weighted by Crippen LogP contribution is 2.40. The van der Waals surface area contributed by atoms with Gasteiger partial charge in [-0.25, -0.2) is 0 Å². The van der Waals surface area contributed by atoms with E-state index in [4.69, 9.17) is 14.4 Å². The predicted molar refractivity (Wildman–Crippen MR) is 105 cm³/mol. The van der Waals surface area contributed by atoms with E-state index in [1.807, 2.05) is 18.2 Å². The zero-order chi connectivity index (χ0) is 20.1. The van der Waals surface area contributed by atoms with Crippen molar-refractivity contribution in [3.63, 3.8) is 0 Å². The summed E-state index contributed by atoms with van der Waals surface area (Å²) in [6.07, 6.45) is 3.62. The molecule has 0 spiro atoms. The van der Waals surface area contributed by atoms with Gasteiger partial charge in [-0.05, 0) is 12.8 Å². The first-order valence-electron chi connectivity index (χ1n) is 9.07. The Morgan fingerprint density at radius 1 is 1.00 bits per heavy atom. The number of benzene rings is 2. The SMILES string of the molecule is COc1c(O)cc(O)c2c(=O)cc(-c3ccccc3)oc12.ON1CCCCC1. The van der Waals surface area contributed by atoms with Crippen molar-refractivity contribution in [1.29, 1.82) is 0 Å². The van der Waals surface area contributed by atoms with Crippen LogP contribution in [0.1, 0.15) is 19.3 Å². The van der Waals surface area contributed by atoms with Crippen molar-refractivity contribution in [2.45, 2.75) is 19.3 Å². The first-order chi connectivity index (χ1) is 13.5. The molecule has 28 heavy (non-hydrogen) atoms. The average Bonchev–Trinajstić information content (AvgIpc) is 2.69. The molecule has 7 heteroatoms. The summed E-state index contributed by atoms with van der Waals surface area (Å²) in [5.41, 5.74) is 0.314. The van der Waals surface area contributed by atoms with E-state index in [1.165, 1.54) is 24.7 Å². The normalized spacial score (nSPS) is 14.4. The van der Waals surface area contributed by atoms with E-state index in [-0.39, 0.29) is 28.2 Å². The van der Waals surface area contributed by atoms with Gasteiger partial charge in [0.25, 0.3) is 0 Å². The lowest BCUT2D eigenvalue weighted by atomic mass is 10.1. The number of aromatic hydroxyl groups is 2. The van der Waals surface area contributed by atoms with E-state index in [0.717, 1.165) is 32.0 Å². The first kappa shape index (κ1) is 19.7. The molecule has 7 nitrogen and oxygen atoms in total. The molecule has 3 N–H and O–H groups in total. The van der Waals surface area contributed by atoms with Crippen molar-refractivity contribution in [1.82, 2.24) is 5.06 Å². The van der Waals surface area contributed by atoms with Crippen LogP contribution in [-0.2, 0) is 0 Å². The second-order valence-corrected chi connectivity index (χ2v) is 6.51. The quantitative estimate of drug-likeness (QED) is 0.617. The maximum absolute atomic E-state index is 12.2. The monoisotopic (exact) mass is 385 g/mol. The van der Waals surface area contributed by atoms with Crippen LogP contribution >= 0.6 is 0 Å². The van der Waals surface area contributed by atoms with Crippen LogP contribution < -0.4 is 10.2 Å². The van der Waals surface area contributed by atoms with E-state index in [2.05, 4.69) is 0 Å². The highest BCUT2D eigenvalue weighted by molar-refractivity contribution is 5.91. The van der Waals surface area contributed by atoms with E-state index in [9.17, 15) is 15.0 Å². The Kier molecular flexibility index (Phi) is 6.18. The average molecular weight is 385 g/mol. The van der Waals surface area contributed by atoms with Gasteiger partial charge in [-0.3, -0.25) is 4.79 Å². The molecule has 0 unspecified atom stereocenters. The molecule has 148 valence electrons. The number of hydroxylamine groups is 2. The van der Waals surface area contributed by atoms with Gasteiger partial charge >= 0.3 is 0 Å². The summed E-state index contributed by atoms with van der Waals surface area (Å²) >= 11 is 0. The largest absolute Gasteiger partial charge is 0.507 e. The molecule has 2 heterocycles. The molecular weight excluding hydrogens is 362 g/mol. The van der Waals surface area contributed by atoms with Crippen LogP contribution in [0, 0.1) is 0 Å². The van der Waals surface area contributed by atoms with Crippen LogP contribution in [-0.4, -0.2) is 40.7 Å². The van der Waals surface area contributed by atoms with E-state index in [0.29, 0.717) is 11.3 Å². The lowest BCUT2D eigenvalue weighted by molar-refractivity contribution is -0.103. The number of piperidine rings is 1. The zero-order valence-corrected chi connectivity index (χ0v) is 15.6. The van der Waals surface area contributed by atoms with Crippen molar-refractivity contribution >= 4 is 11.0 Å². The minimum atomic E-state index is -0.411. The molecule has 1 aromatic heterocycles. The Morgan fingerprint density at radius 2 is 1.68 bits per heavy atom. The van der Waals surface area contributed by atoms with Gasteiger partial charge in [-0.15, -0.1) is 0 Å². The zero-order valence-electron chi connectivity index (χ0n) is 15.6. The topological polar surface area (TPSA) is 103 Å². The van der Waals surface area contributed by atoms with Gasteiger partial charge in [0, 0.05) is 30.8 Å². The number of fused-ring (bicyclic) bond motifs is 1. The molecule has 4 rings (SSSR count). The third kappa shape index (κ3) is 4.27. The summed E-state index contributed by atoms with van der Waals surface area (Å²) in [6, 6.07) is 11.4. The van der Waals surface area contributed by atoms with Gasteiger partial charge in [0.2, 0.25) is 5.75 Å². The minimum absolute atomic E-state index is 0.0117. The molecule has 2 aromatic carbocycles. The van der Waals surface area contributed by atoms with Crippen LogP contribution in [0.25, 0.3) is 22.3 Å². The van der Waals surface area contributed by atoms with Gasteiger partial charge in [0.15, 0.2) is 16.8 Å². The van der Waals surface area contributed by atoms with Gasteiger partial charge in [-0.2, -0.15) is 5.06 Å². The molecule has 0 bridgehead atoms. The summed E-state index contributed by atoms with van der Waals surface area (Å²) in [6.45, 7) is 1.75. The lowest BCUT2D eigenvalue weighted by Crippen LogP contribution is -2.25. The van der Waals surface area contributed by atoms with Crippen LogP contribution in [0.4, 0.5) is 0 Å². The predicted octanol–water partition coefficient (Wildman–Crippen LogP) is 3.74. The van der Waals surface area contributed by atoms with Crippen LogP contribution in [0.3, 0.4) is 0 Å². The number of nitrogens with zero attached hydrogens (tertiary/aromatic N) is 1. The Labute approximate surface area is 162 Å². The second kappa shape index (κ2) is 8.77. The summed E-state index contributed by atoms with van der Waals surface area (Å²) in [4.78, 5) is 12.2. The van der Waals surface area contributed by atoms with Crippen molar-refractivity contribution in [3.8, 4) is 28.6 Å². The third-order valence-electron chi connectivity index (χ3n) is 4.51. The number of phenolic OH excluding ortho intramolecular Hbond substituents is 2. The fraction of sp³-hybridized carbons (Fsp3) is 0.286. The molecular formula is C21H23NO6. The summed E-state index contributed by atoms with van der Waals surface area (Å²) < 4.78 is 10.7. The first-order valence-corrected chi connectivity index (χ1v) is 9.07. The second-order valence-electron chi connectivity index (χ2n) is 6.51. The Balaban J connectivity index is 0.000000271. The Hall–Kier alpha value is -3.03. The van der Waals surface area contributed by atoms with Crippen molar-refractivity contribution < 1.29 is 24.6 Å². The van der Waals surface area contributed by atoms with E-state index < -0.39 is 5.43 Å². The van der Waals surface area contributed by atoms with Crippen molar-refractivity contribution in [2.75, 3.05) is 20.2 Å². The molecule has 3 aromatic rings. The smallest absolute Gasteiger partial charge is 0.204 e. The summed E-state index contributed by atoms with van der Waals surface area (Å²) in [5, 5.41) is 29.7. The van der Waals surface area contributed by atoms with Gasteiger partial charge in [0.1, 0.15) is 16.9 Å². The molecule has 0 amide bonds. The molecule has 1 fully saturated rings. The fourth-order valence-electron chi connectivity index (χ4n) is 3.10. The number of phenols is 2. The molecule has 1 aliphatic heterocycles. The highest BCUT2D eigenvalue weighted by Gasteiger charge is 2.18. The Bertz CT molecular complexity index is 993. The fourth-order valence-corrected chi connectivity index (χ4v) is 3.10. The van der Waals surface area contributed by atoms with Crippen LogP contribution in [0.15, 0.2) is 51.7 Å². The van der Waals surface area contributed by atoms with Gasteiger partial charge < -0.3 is 24.6 Å². The van der Waals surface area contributed by atoms with Crippen molar-refractivity contribution in [3.05, 3.63) is 52.7 Å². The molecule has 0 radical (unpaired) electrons. The molecule has 0 saturated carbocycles. The molecule has 1 saturated heterocycles. The van der Waals surface area contributed by atoms with Gasteiger partial charge in [0.05, 0.1) is 7.11 Å². The maximum atomic E-state index is 12.2. The van der Waals surface area contributed by atoms with E-state index >= 15 is 0 Å². The summed E-state index contributed by atoms with van der Waals surface area (Å²) in [7, 11) is 1.35. The van der Waals surface area contributed by atoms with Crippen LogP contribution in [0.2, 0.25) is 0 Å². The minimum Gasteiger partial charge on any atom is -0.507 e. The molecule has 0 aliphatic carbocycles. The Morgan fingerprint density at radius 3 is 2.25 bits per heavy atom. The maximum Gasteiger partial charge on any atom is 0.204 e. The number of hydrogen-bond donors (Lipinski definition) is 3. The number of hydrogen-bond acceptors (Lipinski definition) is 7. The van der Waals surface area contributed by atoms with Gasteiger partial charge in [-0.1, -0.05) is 36.8 Å². The van der Waals surface area contributed by atoms with E-state index in [1.54, 1.807) is 12.1 Å². The standard InChI is InChI=1S/C16H12O5.C5H11NO/c1-20-15-12(19)7-10(17)14-11(18)8-13(21-16(14)15)9-5-3-2-4-6-9;7-6-4-2-1-3-5-6/h2-8,17,19H,1H3;7H,1-5H2. The number of methoxy groups -OCH3 is 1. The lowest BCUT2D eigenvalue weighted by Gasteiger charge is -2.18. The number of ether oxygens (including phenoxy) is 1. The third-order valence-corrected chi connectivity index (χ3v) is 4.51. The van der Waals surface area contributed by atoms with Crippen LogP contribution in [0.5, 0.6) is 17.2 Å².